The molecule has 3 heteroatoms. The summed E-state index contributed by atoms with van der Waals surface area (Å²) in [7, 11) is 0. The minimum absolute atomic E-state index is 0. The van der Waals surface area contributed by atoms with Crippen LogP contribution in [-0.4, -0.2) is 24.3 Å². The Morgan fingerprint density at radius 2 is 1.82 bits per heavy atom. The molecule has 0 aromatic heterocycles. The molecule has 2 N–H and O–H groups in total. The van der Waals surface area contributed by atoms with Crippen LogP contribution >= 0.6 is 12.4 Å². The molecule has 2 fully saturated rings. The monoisotopic (exact) mass is 177 g/mol. The van der Waals surface area contributed by atoms with Gasteiger partial charge in [-0.15, -0.1) is 12.4 Å². The molecule has 2 nitrogen and oxygen atoms in total. The lowest BCUT2D eigenvalue weighted by molar-refractivity contribution is 0.0867. The molecule has 1 aliphatic carbocycles. The predicted molar refractivity (Wildman–Crippen MR) is 47.0 cm³/mol. The second kappa shape index (κ2) is 3.74. The van der Waals surface area contributed by atoms with Gasteiger partial charge in [0.25, 0.3) is 0 Å². The highest BCUT2D eigenvalue weighted by atomic mass is 35.5. The molecule has 0 spiro atoms. The lowest BCUT2D eigenvalue weighted by Crippen LogP contribution is -2.26. The Labute approximate surface area is 73.8 Å². The average molecular weight is 178 g/mol. The summed E-state index contributed by atoms with van der Waals surface area (Å²) in [5, 5.41) is 12.7. The Kier molecular flexibility index (Phi) is 3.16. The van der Waals surface area contributed by atoms with E-state index in [0.29, 0.717) is 0 Å². The van der Waals surface area contributed by atoms with E-state index in [1.54, 1.807) is 0 Å². The quantitative estimate of drug-likeness (QED) is 0.574. The number of nitrogens with one attached hydrogen (secondary N) is 1. The van der Waals surface area contributed by atoms with Crippen molar-refractivity contribution in [2.45, 2.75) is 25.4 Å². The molecular weight excluding hydrogens is 162 g/mol. The van der Waals surface area contributed by atoms with Gasteiger partial charge in [0, 0.05) is 0 Å². The fraction of sp³-hybridized carbons (Fsp3) is 1.00. The first-order chi connectivity index (χ1) is 4.86. The summed E-state index contributed by atoms with van der Waals surface area (Å²) in [5.74, 6) is 1.66. The van der Waals surface area contributed by atoms with Crippen LogP contribution in [0.5, 0.6) is 0 Å². The second-order valence-corrected chi connectivity index (χ2v) is 3.65. The fourth-order valence-corrected chi connectivity index (χ4v) is 2.27. The van der Waals surface area contributed by atoms with E-state index in [1.165, 1.54) is 13.0 Å². The third kappa shape index (κ3) is 1.86. The van der Waals surface area contributed by atoms with Crippen LogP contribution < -0.4 is 5.32 Å². The van der Waals surface area contributed by atoms with Gasteiger partial charge in [0.2, 0.25) is 0 Å². The highest BCUT2D eigenvalue weighted by Crippen LogP contribution is 2.32. The summed E-state index contributed by atoms with van der Waals surface area (Å²) in [4.78, 5) is 0. The van der Waals surface area contributed by atoms with Gasteiger partial charge in [0.1, 0.15) is 0 Å². The molecule has 0 aromatic carbocycles. The highest BCUT2D eigenvalue weighted by molar-refractivity contribution is 5.85. The zero-order chi connectivity index (χ0) is 6.97. The zero-order valence-corrected chi connectivity index (χ0v) is 7.44. The summed E-state index contributed by atoms with van der Waals surface area (Å²) in [5.41, 5.74) is 0. The van der Waals surface area contributed by atoms with E-state index >= 15 is 0 Å². The van der Waals surface area contributed by atoms with Crippen molar-refractivity contribution in [2.75, 3.05) is 13.1 Å². The molecule has 2 unspecified atom stereocenters. The van der Waals surface area contributed by atoms with Crippen molar-refractivity contribution in [3.05, 3.63) is 0 Å². The topological polar surface area (TPSA) is 32.3 Å². The molecule has 1 heterocycles. The van der Waals surface area contributed by atoms with E-state index in [1.807, 2.05) is 0 Å². The number of aliphatic hydroxyl groups is 1. The molecule has 2 aliphatic rings. The molecule has 66 valence electrons. The van der Waals surface area contributed by atoms with Gasteiger partial charge >= 0.3 is 0 Å². The minimum Gasteiger partial charge on any atom is -0.393 e. The zero-order valence-electron chi connectivity index (χ0n) is 6.62. The van der Waals surface area contributed by atoms with Gasteiger partial charge in [0.15, 0.2) is 0 Å². The standard InChI is InChI=1S/C8H15NO.ClH/c10-8-2-1-6-4-9-5-7(6)3-8;/h6-10H,1-5H2;1H/t6?,7-,8?;/m0./s1. The van der Waals surface area contributed by atoms with Crippen LogP contribution in [0.3, 0.4) is 0 Å². The van der Waals surface area contributed by atoms with E-state index in [9.17, 15) is 5.11 Å². The minimum atomic E-state index is 0. The molecule has 1 saturated carbocycles. The van der Waals surface area contributed by atoms with Gasteiger partial charge in [-0.25, -0.2) is 0 Å². The van der Waals surface area contributed by atoms with Gasteiger partial charge in [-0.1, -0.05) is 0 Å². The van der Waals surface area contributed by atoms with Gasteiger partial charge in [-0.3, -0.25) is 0 Å². The molecule has 3 atom stereocenters. The summed E-state index contributed by atoms with van der Waals surface area (Å²) in [6.45, 7) is 2.33. The van der Waals surface area contributed by atoms with Gasteiger partial charge in [-0.05, 0) is 44.2 Å². The lowest BCUT2D eigenvalue weighted by Gasteiger charge is -2.27. The predicted octanol–water partition coefficient (Wildman–Crippen LogP) is 0.789. The molecule has 0 amide bonds. The van der Waals surface area contributed by atoms with Crippen molar-refractivity contribution in [3.63, 3.8) is 0 Å². The van der Waals surface area contributed by atoms with Gasteiger partial charge in [0.05, 0.1) is 6.10 Å². The van der Waals surface area contributed by atoms with Crippen molar-refractivity contribution < 1.29 is 5.11 Å². The molecule has 0 aromatic rings. The number of hydrogen-bond acceptors (Lipinski definition) is 2. The van der Waals surface area contributed by atoms with E-state index in [2.05, 4.69) is 5.32 Å². The fourth-order valence-electron chi connectivity index (χ4n) is 2.27. The van der Waals surface area contributed by atoms with Crippen LogP contribution in [-0.2, 0) is 0 Å². The number of halogens is 1. The number of hydrogen-bond donors (Lipinski definition) is 2. The van der Waals surface area contributed by atoms with Crippen LogP contribution in [0.15, 0.2) is 0 Å². The lowest BCUT2D eigenvalue weighted by atomic mass is 9.80. The Hall–Kier alpha value is 0.210. The van der Waals surface area contributed by atoms with Crippen molar-refractivity contribution >= 4 is 12.4 Å². The Balaban J connectivity index is 0.000000605. The van der Waals surface area contributed by atoms with Crippen molar-refractivity contribution in [1.29, 1.82) is 0 Å². The summed E-state index contributed by atoms with van der Waals surface area (Å²) >= 11 is 0. The summed E-state index contributed by atoms with van der Waals surface area (Å²) in [6.07, 6.45) is 3.31. The van der Waals surface area contributed by atoms with E-state index < -0.39 is 0 Å². The normalized spacial score (nSPS) is 42.8. The van der Waals surface area contributed by atoms with Crippen LogP contribution in [0.2, 0.25) is 0 Å². The third-order valence-corrected chi connectivity index (χ3v) is 2.93. The van der Waals surface area contributed by atoms with Crippen LogP contribution in [0, 0.1) is 11.8 Å². The Bertz CT molecular complexity index is 131. The van der Waals surface area contributed by atoms with Crippen LogP contribution in [0.1, 0.15) is 19.3 Å². The molecule has 2 rings (SSSR count). The van der Waals surface area contributed by atoms with Crippen LogP contribution in [0.25, 0.3) is 0 Å². The Morgan fingerprint density at radius 1 is 1.09 bits per heavy atom. The maximum atomic E-state index is 9.33. The summed E-state index contributed by atoms with van der Waals surface area (Å²) < 4.78 is 0. The van der Waals surface area contributed by atoms with Crippen LogP contribution in [0.4, 0.5) is 0 Å². The molecule has 0 radical (unpaired) electrons. The molecule has 1 aliphatic heterocycles. The first-order valence-electron chi connectivity index (χ1n) is 4.25. The molecule has 11 heavy (non-hydrogen) atoms. The maximum Gasteiger partial charge on any atom is 0.0543 e. The summed E-state index contributed by atoms with van der Waals surface area (Å²) in [6, 6.07) is 0. The van der Waals surface area contributed by atoms with Crippen molar-refractivity contribution in [1.82, 2.24) is 5.32 Å². The average Bonchev–Trinajstić information content (AvgIpc) is 2.33. The first kappa shape index (κ1) is 9.30. The molecule has 1 saturated heterocycles. The largest absolute Gasteiger partial charge is 0.393 e. The SMILES string of the molecule is Cl.OC1CCC2CNC[C@@H]2C1. The Morgan fingerprint density at radius 3 is 2.64 bits per heavy atom. The number of aliphatic hydroxyl groups excluding tert-OH is 1. The third-order valence-electron chi connectivity index (χ3n) is 2.93. The van der Waals surface area contributed by atoms with Gasteiger partial charge in [-0.2, -0.15) is 0 Å². The number of fused-ring (bicyclic) bond motifs is 1. The van der Waals surface area contributed by atoms with E-state index in [-0.39, 0.29) is 18.5 Å². The van der Waals surface area contributed by atoms with Crippen molar-refractivity contribution in [2.24, 2.45) is 11.8 Å². The maximum absolute atomic E-state index is 9.33. The molecular formula is C8H16ClNO. The van der Waals surface area contributed by atoms with Gasteiger partial charge < -0.3 is 10.4 Å². The molecule has 0 bridgehead atoms. The number of rotatable bonds is 0. The van der Waals surface area contributed by atoms with E-state index in [4.69, 9.17) is 0 Å². The van der Waals surface area contributed by atoms with E-state index in [0.717, 1.165) is 31.2 Å². The highest BCUT2D eigenvalue weighted by Gasteiger charge is 2.32. The smallest absolute Gasteiger partial charge is 0.0543 e. The van der Waals surface area contributed by atoms with Crippen molar-refractivity contribution in [3.8, 4) is 0 Å². The first-order valence-corrected chi connectivity index (χ1v) is 4.25. The second-order valence-electron chi connectivity index (χ2n) is 3.65.